The van der Waals surface area contributed by atoms with Crippen LogP contribution in [0.15, 0.2) is 0 Å². The van der Waals surface area contributed by atoms with Crippen molar-refractivity contribution in [2.45, 2.75) is 25.3 Å². The van der Waals surface area contributed by atoms with Gasteiger partial charge in [0.1, 0.15) is 0 Å². The van der Waals surface area contributed by atoms with E-state index in [9.17, 15) is 4.79 Å². The van der Waals surface area contributed by atoms with Crippen molar-refractivity contribution in [3.63, 3.8) is 0 Å². The number of nitrogens with zero attached hydrogens (tertiary/aromatic N) is 2. The van der Waals surface area contributed by atoms with Crippen LogP contribution in [0.1, 0.15) is 19.3 Å². The van der Waals surface area contributed by atoms with Gasteiger partial charge in [0.2, 0.25) is 5.91 Å². The van der Waals surface area contributed by atoms with Crippen LogP contribution in [0, 0.1) is 5.92 Å². The molecule has 2 unspecified atom stereocenters. The highest BCUT2D eigenvalue weighted by Gasteiger charge is 2.47. The minimum Gasteiger partial charge on any atom is -0.341 e. The van der Waals surface area contributed by atoms with E-state index in [4.69, 9.17) is 0 Å². The molecule has 2 aliphatic heterocycles. The van der Waals surface area contributed by atoms with Crippen LogP contribution in [-0.2, 0) is 4.79 Å². The molecule has 72 valence electrons. The van der Waals surface area contributed by atoms with E-state index in [1.165, 1.54) is 19.3 Å². The molecule has 2 atom stereocenters. The Morgan fingerprint density at radius 1 is 1.31 bits per heavy atom. The fourth-order valence-electron chi connectivity index (χ4n) is 2.52. The highest BCUT2D eigenvalue weighted by Crippen LogP contribution is 2.44. The Kier molecular flexibility index (Phi) is 1.62. The molecule has 3 fully saturated rings. The minimum absolute atomic E-state index is 0.360. The van der Waals surface area contributed by atoms with Gasteiger partial charge in [0.15, 0.2) is 0 Å². The van der Waals surface area contributed by atoms with E-state index in [-0.39, 0.29) is 0 Å². The maximum absolute atomic E-state index is 11.6. The Morgan fingerprint density at radius 3 is 2.62 bits per heavy atom. The smallest absolute Gasteiger partial charge is 0.236 e. The van der Waals surface area contributed by atoms with E-state index in [1.807, 2.05) is 4.90 Å². The Hall–Kier alpha value is -0.570. The molecule has 0 aromatic carbocycles. The predicted octanol–water partition coefficient (Wildman–Crippen LogP) is 0.313. The van der Waals surface area contributed by atoms with Gasteiger partial charge in [0, 0.05) is 19.1 Å². The van der Waals surface area contributed by atoms with Crippen molar-refractivity contribution >= 4 is 5.91 Å². The van der Waals surface area contributed by atoms with Gasteiger partial charge in [0.25, 0.3) is 0 Å². The second-order valence-electron chi connectivity index (χ2n) is 4.56. The van der Waals surface area contributed by atoms with E-state index >= 15 is 0 Å². The van der Waals surface area contributed by atoms with Gasteiger partial charge in [-0.1, -0.05) is 0 Å². The monoisotopic (exact) mass is 180 g/mol. The Balaban J connectivity index is 1.53. The molecule has 0 aromatic heterocycles. The maximum atomic E-state index is 11.6. The summed E-state index contributed by atoms with van der Waals surface area (Å²) < 4.78 is 0. The number of rotatable bonds is 2. The van der Waals surface area contributed by atoms with Crippen molar-refractivity contribution in [1.29, 1.82) is 0 Å². The van der Waals surface area contributed by atoms with Crippen LogP contribution in [0.5, 0.6) is 0 Å². The van der Waals surface area contributed by atoms with Crippen LogP contribution in [0.3, 0.4) is 0 Å². The molecule has 1 aliphatic carbocycles. The lowest BCUT2D eigenvalue weighted by atomic mass is 10.2. The van der Waals surface area contributed by atoms with Gasteiger partial charge >= 0.3 is 0 Å². The lowest BCUT2D eigenvalue weighted by Gasteiger charge is -2.32. The molecule has 0 N–H and O–H groups in total. The summed E-state index contributed by atoms with van der Waals surface area (Å²) in [4.78, 5) is 16.0. The molecule has 2 saturated heterocycles. The number of amides is 1. The van der Waals surface area contributed by atoms with Gasteiger partial charge in [-0.2, -0.15) is 0 Å². The normalized spacial score (nSPS) is 37.1. The molecule has 0 aromatic rings. The molecular weight excluding hydrogens is 164 g/mol. The SMILES string of the molecule is O=C(CN1CCC2CC21)N1CCC1. The fraction of sp³-hybridized carbons (Fsp3) is 0.900. The third-order valence-electron chi connectivity index (χ3n) is 3.69. The summed E-state index contributed by atoms with van der Waals surface area (Å²) in [6.07, 6.45) is 3.89. The molecule has 3 heteroatoms. The van der Waals surface area contributed by atoms with Crippen molar-refractivity contribution in [3.8, 4) is 0 Å². The topological polar surface area (TPSA) is 23.6 Å². The molecule has 3 rings (SSSR count). The summed E-state index contributed by atoms with van der Waals surface area (Å²) in [6.45, 7) is 3.86. The summed E-state index contributed by atoms with van der Waals surface area (Å²) in [6, 6.07) is 0.783. The van der Waals surface area contributed by atoms with Crippen molar-refractivity contribution in [1.82, 2.24) is 9.80 Å². The van der Waals surface area contributed by atoms with E-state index in [2.05, 4.69) is 4.90 Å². The van der Waals surface area contributed by atoms with Crippen LogP contribution in [0.25, 0.3) is 0 Å². The quantitative estimate of drug-likeness (QED) is 0.610. The third kappa shape index (κ3) is 1.26. The highest BCUT2D eigenvalue weighted by molar-refractivity contribution is 5.79. The molecule has 0 spiro atoms. The van der Waals surface area contributed by atoms with Crippen LogP contribution in [0.2, 0.25) is 0 Å². The van der Waals surface area contributed by atoms with Gasteiger partial charge in [-0.3, -0.25) is 9.69 Å². The van der Waals surface area contributed by atoms with Gasteiger partial charge in [-0.05, 0) is 31.7 Å². The largest absolute Gasteiger partial charge is 0.341 e. The van der Waals surface area contributed by atoms with Gasteiger partial charge < -0.3 is 4.90 Å². The first-order valence-electron chi connectivity index (χ1n) is 5.36. The lowest BCUT2D eigenvalue weighted by Crippen LogP contribution is -2.47. The molecule has 1 amide bonds. The molecule has 3 aliphatic rings. The zero-order chi connectivity index (χ0) is 8.84. The van der Waals surface area contributed by atoms with E-state index in [1.54, 1.807) is 0 Å². The maximum Gasteiger partial charge on any atom is 0.236 e. The molecule has 0 bridgehead atoms. The number of carbonyl (C=O) groups excluding carboxylic acids is 1. The van der Waals surface area contributed by atoms with E-state index < -0.39 is 0 Å². The van der Waals surface area contributed by atoms with Crippen molar-refractivity contribution in [3.05, 3.63) is 0 Å². The summed E-state index contributed by atoms with van der Waals surface area (Å²) in [5, 5.41) is 0. The van der Waals surface area contributed by atoms with Crippen molar-refractivity contribution in [2.75, 3.05) is 26.2 Å². The third-order valence-corrected chi connectivity index (χ3v) is 3.69. The van der Waals surface area contributed by atoms with Crippen molar-refractivity contribution < 1.29 is 4.79 Å². The van der Waals surface area contributed by atoms with E-state index in [0.29, 0.717) is 12.5 Å². The predicted molar refractivity (Wildman–Crippen MR) is 49.3 cm³/mol. The number of fused-ring (bicyclic) bond motifs is 1. The first-order valence-corrected chi connectivity index (χ1v) is 5.36. The zero-order valence-corrected chi connectivity index (χ0v) is 7.91. The molecule has 13 heavy (non-hydrogen) atoms. The van der Waals surface area contributed by atoms with Crippen LogP contribution in [-0.4, -0.2) is 47.9 Å². The number of hydrogen-bond acceptors (Lipinski definition) is 2. The first kappa shape index (κ1) is 7.80. The first-order chi connectivity index (χ1) is 6.34. The number of piperidine rings is 1. The zero-order valence-electron chi connectivity index (χ0n) is 7.91. The Labute approximate surface area is 78.7 Å². The summed E-state index contributed by atoms with van der Waals surface area (Å²) in [5.74, 6) is 1.31. The van der Waals surface area contributed by atoms with Crippen LogP contribution >= 0.6 is 0 Å². The average molecular weight is 180 g/mol. The highest BCUT2D eigenvalue weighted by atomic mass is 16.2. The number of likely N-dealkylation sites (tertiary alicyclic amines) is 2. The lowest BCUT2D eigenvalue weighted by molar-refractivity contribution is -0.135. The second-order valence-corrected chi connectivity index (χ2v) is 4.56. The average Bonchev–Trinajstić information content (AvgIpc) is 2.66. The second kappa shape index (κ2) is 2.71. The Morgan fingerprint density at radius 2 is 2.15 bits per heavy atom. The summed E-state index contributed by atoms with van der Waals surface area (Å²) in [5.41, 5.74) is 0. The van der Waals surface area contributed by atoms with Gasteiger partial charge in [-0.15, -0.1) is 0 Å². The summed E-state index contributed by atoms with van der Waals surface area (Å²) >= 11 is 0. The van der Waals surface area contributed by atoms with Crippen molar-refractivity contribution in [2.24, 2.45) is 5.92 Å². The van der Waals surface area contributed by atoms with Gasteiger partial charge in [0.05, 0.1) is 6.54 Å². The Bertz CT molecular complexity index is 237. The number of hydrogen-bond donors (Lipinski definition) is 0. The van der Waals surface area contributed by atoms with Crippen LogP contribution in [0.4, 0.5) is 0 Å². The standard InChI is InChI=1S/C10H16N2O/c13-10(11-3-1-4-11)7-12-5-2-8-6-9(8)12/h8-9H,1-7H2. The fourth-order valence-corrected chi connectivity index (χ4v) is 2.52. The summed E-state index contributed by atoms with van der Waals surface area (Å²) in [7, 11) is 0. The molecular formula is C10H16N2O. The molecule has 2 heterocycles. The van der Waals surface area contributed by atoms with E-state index in [0.717, 1.165) is 31.6 Å². The minimum atomic E-state index is 0.360. The number of carbonyl (C=O) groups is 1. The van der Waals surface area contributed by atoms with Gasteiger partial charge in [-0.25, -0.2) is 0 Å². The molecule has 1 saturated carbocycles. The molecule has 0 radical (unpaired) electrons. The molecule has 3 nitrogen and oxygen atoms in total. The van der Waals surface area contributed by atoms with Crippen LogP contribution < -0.4 is 0 Å².